The molecule has 0 aliphatic carbocycles. The molecule has 0 radical (unpaired) electrons. The van der Waals surface area contributed by atoms with Gasteiger partial charge in [0, 0.05) is 36.5 Å². The molecule has 8 nitrogen and oxygen atoms in total. The summed E-state index contributed by atoms with van der Waals surface area (Å²) in [6, 6.07) is 5.35. The van der Waals surface area contributed by atoms with Crippen molar-refractivity contribution in [2.45, 2.75) is 52.1 Å². The lowest BCUT2D eigenvalue weighted by Gasteiger charge is -2.30. The van der Waals surface area contributed by atoms with Gasteiger partial charge in [0.25, 0.3) is 0 Å². The Morgan fingerprint density at radius 1 is 1.15 bits per heavy atom. The van der Waals surface area contributed by atoms with Crippen molar-refractivity contribution >= 4 is 22.5 Å². The molecule has 2 N–H and O–H groups in total. The highest BCUT2D eigenvalue weighted by atomic mass is 16.5. The average Bonchev–Trinajstić information content (AvgIpc) is 3.50. The van der Waals surface area contributed by atoms with Gasteiger partial charge in [0.2, 0.25) is 0 Å². The third-order valence-electron chi connectivity index (χ3n) is 7.26. The van der Waals surface area contributed by atoms with E-state index in [0.29, 0.717) is 18.0 Å². The minimum absolute atomic E-state index is 0.328. The van der Waals surface area contributed by atoms with E-state index in [1.165, 1.54) is 11.1 Å². The standard InChI is InChI=1S/C25H31N7O/c1-14(2)22-23(19-10-32-25(26-13-27-32)16(4)15(19)3)29-20-5-6-21(30-24(20)22)31-8-7-17(9-31)28-18-11-33-12-18/h5-6,10,13-14,17-18,28-29H,7-9,11-12H2,1-4H3. The minimum atomic E-state index is 0.328. The first-order valence-electron chi connectivity index (χ1n) is 11.9. The maximum atomic E-state index is 5.31. The number of anilines is 1. The van der Waals surface area contributed by atoms with Gasteiger partial charge in [-0.1, -0.05) is 13.8 Å². The number of nitrogens with zero attached hydrogens (tertiary/aromatic N) is 5. The van der Waals surface area contributed by atoms with Crippen LogP contribution in [0.3, 0.4) is 0 Å². The maximum absolute atomic E-state index is 5.31. The summed E-state index contributed by atoms with van der Waals surface area (Å²) in [5.41, 5.74) is 8.97. The molecule has 0 aromatic carbocycles. The molecule has 4 aromatic heterocycles. The normalized spacial score (nSPS) is 19.3. The van der Waals surface area contributed by atoms with Gasteiger partial charge in [-0.15, -0.1) is 0 Å². The Labute approximate surface area is 193 Å². The van der Waals surface area contributed by atoms with Gasteiger partial charge >= 0.3 is 0 Å². The van der Waals surface area contributed by atoms with Crippen LogP contribution in [0.15, 0.2) is 24.7 Å². The second kappa shape index (κ2) is 7.81. The number of aromatic amines is 1. The van der Waals surface area contributed by atoms with Crippen molar-refractivity contribution in [2.24, 2.45) is 0 Å². The van der Waals surface area contributed by atoms with Crippen LogP contribution in [0.4, 0.5) is 5.82 Å². The van der Waals surface area contributed by atoms with Crippen molar-refractivity contribution in [3.05, 3.63) is 41.3 Å². The van der Waals surface area contributed by atoms with Crippen LogP contribution in [0.25, 0.3) is 27.9 Å². The van der Waals surface area contributed by atoms with Gasteiger partial charge in [-0.05, 0) is 49.4 Å². The van der Waals surface area contributed by atoms with Crippen LogP contribution >= 0.6 is 0 Å². The van der Waals surface area contributed by atoms with Crippen molar-refractivity contribution in [3.63, 3.8) is 0 Å². The first-order chi connectivity index (χ1) is 16.0. The van der Waals surface area contributed by atoms with Gasteiger partial charge < -0.3 is 19.9 Å². The number of pyridine rings is 2. The molecular weight excluding hydrogens is 414 g/mol. The first kappa shape index (κ1) is 20.6. The van der Waals surface area contributed by atoms with Crippen LogP contribution in [0, 0.1) is 13.8 Å². The molecular formula is C25H31N7O. The lowest BCUT2D eigenvalue weighted by Crippen LogP contribution is -2.51. The number of ether oxygens (including phenoxy) is 1. The summed E-state index contributed by atoms with van der Waals surface area (Å²) in [4.78, 5) is 15.7. The molecule has 8 heteroatoms. The van der Waals surface area contributed by atoms with Gasteiger partial charge in [-0.2, -0.15) is 5.10 Å². The van der Waals surface area contributed by atoms with E-state index in [1.807, 2.05) is 4.52 Å². The van der Waals surface area contributed by atoms with Crippen molar-refractivity contribution in [3.8, 4) is 11.3 Å². The fraction of sp³-hybridized carbons (Fsp3) is 0.480. The van der Waals surface area contributed by atoms with Gasteiger partial charge in [0.05, 0.1) is 36.0 Å². The number of fused-ring (bicyclic) bond motifs is 2. The zero-order valence-corrected chi connectivity index (χ0v) is 19.7. The van der Waals surface area contributed by atoms with Crippen LogP contribution in [-0.4, -0.2) is 63.0 Å². The topological polar surface area (TPSA) is 83.4 Å². The summed E-state index contributed by atoms with van der Waals surface area (Å²) in [5, 5.41) is 8.11. The zero-order chi connectivity index (χ0) is 22.7. The van der Waals surface area contributed by atoms with Gasteiger partial charge in [0.15, 0.2) is 5.65 Å². The van der Waals surface area contributed by atoms with E-state index in [-0.39, 0.29) is 0 Å². The highest BCUT2D eigenvalue weighted by molar-refractivity contribution is 5.90. The summed E-state index contributed by atoms with van der Waals surface area (Å²) in [6.45, 7) is 12.5. The van der Waals surface area contributed by atoms with Crippen molar-refractivity contribution < 1.29 is 4.74 Å². The predicted octanol–water partition coefficient (Wildman–Crippen LogP) is 3.58. The molecule has 2 aliphatic heterocycles. The second-order valence-corrected chi connectivity index (χ2v) is 9.79. The molecule has 2 saturated heterocycles. The Hall–Kier alpha value is -2.97. The number of aryl methyl sites for hydroxylation is 1. The zero-order valence-electron chi connectivity index (χ0n) is 19.7. The predicted molar refractivity (Wildman–Crippen MR) is 130 cm³/mol. The van der Waals surface area contributed by atoms with Crippen LogP contribution in [-0.2, 0) is 4.74 Å². The maximum Gasteiger partial charge on any atom is 0.158 e. The number of hydrogen-bond acceptors (Lipinski definition) is 6. The van der Waals surface area contributed by atoms with Crippen molar-refractivity contribution in [1.82, 2.24) is 29.9 Å². The van der Waals surface area contributed by atoms with Crippen molar-refractivity contribution in [2.75, 3.05) is 31.2 Å². The third-order valence-corrected chi connectivity index (χ3v) is 7.26. The summed E-state index contributed by atoms with van der Waals surface area (Å²) in [7, 11) is 0. The fourth-order valence-corrected chi connectivity index (χ4v) is 5.25. The second-order valence-electron chi connectivity index (χ2n) is 9.79. The molecule has 6 rings (SSSR count). The molecule has 4 aromatic rings. The van der Waals surface area contributed by atoms with E-state index < -0.39 is 0 Å². The van der Waals surface area contributed by atoms with Crippen LogP contribution < -0.4 is 10.2 Å². The number of H-pyrrole nitrogens is 1. The molecule has 172 valence electrons. The van der Waals surface area contributed by atoms with E-state index in [2.05, 4.69) is 71.3 Å². The largest absolute Gasteiger partial charge is 0.378 e. The van der Waals surface area contributed by atoms with Gasteiger partial charge in [0.1, 0.15) is 12.1 Å². The number of rotatable bonds is 5. The molecule has 2 aliphatic rings. The molecule has 33 heavy (non-hydrogen) atoms. The van der Waals surface area contributed by atoms with Crippen LogP contribution in [0.2, 0.25) is 0 Å². The molecule has 1 atom stereocenters. The Balaban J connectivity index is 1.40. The molecule has 0 spiro atoms. The molecule has 0 bridgehead atoms. The summed E-state index contributed by atoms with van der Waals surface area (Å²) in [6.07, 6.45) is 4.84. The minimum Gasteiger partial charge on any atom is -0.378 e. The van der Waals surface area contributed by atoms with E-state index in [9.17, 15) is 0 Å². The Morgan fingerprint density at radius 3 is 2.76 bits per heavy atom. The molecule has 6 heterocycles. The molecule has 1 unspecified atom stereocenters. The van der Waals surface area contributed by atoms with E-state index in [0.717, 1.165) is 72.0 Å². The highest BCUT2D eigenvalue weighted by Gasteiger charge is 2.29. The molecule has 0 saturated carbocycles. The van der Waals surface area contributed by atoms with E-state index in [4.69, 9.17) is 9.72 Å². The van der Waals surface area contributed by atoms with E-state index in [1.54, 1.807) is 6.33 Å². The lowest BCUT2D eigenvalue weighted by atomic mass is 9.95. The molecule has 2 fully saturated rings. The number of hydrogen-bond donors (Lipinski definition) is 2. The monoisotopic (exact) mass is 445 g/mol. The molecule has 0 amide bonds. The SMILES string of the molecule is Cc1c(-c2[nH]c3ccc(N4CCC(NC5COC5)C4)nc3c2C(C)C)cn2ncnc2c1C. The number of aromatic nitrogens is 5. The fourth-order valence-electron chi connectivity index (χ4n) is 5.25. The summed E-state index contributed by atoms with van der Waals surface area (Å²) >= 11 is 0. The third kappa shape index (κ3) is 3.40. The lowest BCUT2D eigenvalue weighted by molar-refractivity contribution is -0.00895. The smallest absolute Gasteiger partial charge is 0.158 e. The van der Waals surface area contributed by atoms with Crippen LogP contribution in [0.5, 0.6) is 0 Å². The van der Waals surface area contributed by atoms with Crippen LogP contribution in [0.1, 0.15) is 42.9 Å². The van der Waals surface area contributed by atoms with Gasteiger partial charge in [-0.25, -0.2) is 14.5 Å². The Bertz CT molecular complexity index is 1330. The van der Waals surface area contributed by atoms with Gasteiger partial charge in [-0.3, -0.25) is 0 Å². The van der Waals surface area contributed by atoms with Crippen molar-refractivity contribution in [1.29, 1.82) is 0 Å². The van der Waals surface area contributed by atoms with E-state index >= 15 is 0 Å². The summed E-state index contributed by atoms with van der Waals surface area (Å²) in [5.74, 6) is 1.39. The first-order valence-corrected chi connectivity index (χ1v) is 11.9. The summed E-state index contributed by atoms with van der Waals surface area (Å²) < 4.78 is 7.18. The Morgan fingerprint density at radius 2 is 2.00 bits per heavy atom. The average molecular weight is 446 g/mol. The quantitative estimate of drug-likeness (QED) is 0.489. The number of nitrogens with one attached hydrogen (secondary N) is 2. The Kier molecular flexibility index (Phi) is 4.88. The highest BCUT2D eigenvalue weighted by Crippen LogP contribution is 2.38.